The molecule has 0 spiro atoms. The lowest BCUT2D eigenvalue weighted by molar-refractivity contribution is -0.332. The van der Waals surface area contributed by atoms with E-state index in [1.165, 1.54) is 50.5 Å². The first-order valence-electron chi connectivity index (χ1n) is 15.8. The summed E-state index contributed by atoms with van der Waals surface area (Å²) in [4.78, 5) is 2.44. The number of hydrogen-bond donors (Lipinski definition) is 0. The normalized spacial score (nSPS) is 19.8. The molecule has 1 aliphatic carbocycles. The van der Waals surface area contributed by atoms with Crippen LogP contribution in [0.2, 0.25) is 5.02 Å². The Morgan fingerprint density at radius 3 is 2.35 bits per heavy atom. The molecule has 0 atom stereocenters. The van der Waals surface area contributed by atoms with Gasteiger partial charge in [0.2, 0.25) is 17.4 Å². The van der Waals surface area contributed by atoms with Gasteiger partial charge in [-0.15, -0.1) is 4.58 Å². The average molecular weight is 651 g/mol. The van der Waals surface area contributed by atoms with Crippen LogP contribution in [0.5, 0.6) is 0 Å². The number of fused-ring (bicyclic) bond motifs is 2. The fraction of sp³-hybridized carbons (Fsp3) is 0.293. The van der Waals surface area contributed by atoms with E-state index in [4.69, 9.17) is 23.2 Å². The molecule has 0 amide bonds. The molecule has 3 aromatic rings. The van der Waals surface area contributed by atoms with E-state index in [0.717, 1.165) is 41.5 Å². The van der Waals surface area contributed by atoms with Gasteiger partial charge in [-0.05, 0) is 92.5 Å². The van der Waals surface area contributed by atoms with Crippen molar-refractivity contribution in [1.29, 1.82) is 0 Å². The second-order valence-electron chi connectivity index (χ2n) is 13.4. The summed E-state index contributed by atoms with van der Waals surface area (Å²) in [5, 5.41) is 1.62. The first-order valence-corrected chi connectivity index (χ1v) is 16.6. The third kappa shape index (κ3) is 6.03. The van der Waals surface area contributed by atoms with E-state index in [9.17, 15) is 0 Å². The summed E-state index contributed by atoms with van der Waals surface area (Å²) >= 11 is 13.7. The van der Waals surface area contributed by atoms with Crippen molar-refractivity contribution in [3.8, 4) is 12.0 Å². The van der Waals surface area contributed by atoms with E-state index < -0.39 is 0 Å². The van der Waals surface area contributed by atoms with Crippen molar-refractivity contribution < 1.29 is 10.1 Å². The first-order chi connectivity index (χ1) is 21.5. The van der Waals surface area contributed by atoms with Crippen LogP contribution in [0.4, 0.5) is 11.4 Å². The summed E-state index contributed by atoms with van der Waals surface area (Å²) in [5.74, 6) is 3.11. The number of allylic oxidation sites excluding steroid dienone is 8. The molecule has 6 rings (SSSR count). The van der Waals surface area contributed by atoms with Gasteiger partial charge in [0.15, 0.2) is 0 Å². The van der Waals surface area contributed by atoms with Crippen LogP contribution in [0.3, 0.4) is 0 Å². The Balaban J connectivity index is 0.00000417. The molecule has 5 heteroatoms. The largest absolute Gasteiger partial charge is 0.412 e. The van der Waals surface area contributed by atoms with Crippen LogP contribution in [-0.2, 0) is 17.4 Å². The molecule has 0 saturated carbocycles. The fourth-order valence-corrected chi connectivity index (χ4v) is 7.51. The predicted octanol–water partition coefficient (Wildman–Crippen LogP) is 10.2. The second-order valence-corrected chi connectivity index (χ2v) is 14.2. The topological polar surface area (TPSA) is 37.8 Å². The molecule has 3 aromatic carbocycles. The van der Waals surface area contributed by atoms with Crippen LogP contribution in [0.1, 0.15) is 76.1 Å². The summed E-state index contributed by atoms with van der Waals surface area (Å²) in [6.45, 7) is 13.9. The van der Waals surface area contributed by atoms with Crippen molar-refractivity contribution in [2.24, 2.45) is 0 Å². The Hall–Kier alpha value is -3.81. The van der Waals surface area contributed by atoms with E-state index in [-0.39, 0.29) is 16.3 Å². The number of anilines is 1. The van der Waals surface area contributed by atoms with Crippen molar-refractivity contribution in [3.05, 3.63) is 140 Å². The molecule has 3 nitrogen and oxygen atoms in total. The maximum atomic E-state index is 7.19. The Kier molecular flexibility index (Phi) is 9.57. The minimum atomic E-state index is -0.209. The van der Waals surface area contributed by atoms with E-state index in [0.29, 0.717) is 0 Å². The van der Waals surface area contributed by atoms with E-state index in [1.54, 1.807) is 0 Å². The van der Waals surface area contributed by atoms with E-state index in [2.05, 4.69) is 141 Å². The zero-order chi connectivity index (χ0) is 31.9. The van der Waals surface area contributed by atoms with Gasteiger partial charge in [0.1, 0.15) is 0 Å². The summed E-state index contributed by atoms with van der Waals surface area (Å²) in [7, 11) is 0. The fourth-order valence-electron chi connectivity index (χ4n) is 7.02. The molecular weight excluding hydrogens is 607 g/mol. The molecule has 0 bridgehead atoms. The van der Waals surface area contributed by atoms with Gasteiger partial charge in [-0.25, -0.2) is 0 Å². The maximum Gasteiger partial charge on any atom is 0.229 e. The van der Waals surface area contributed by atoms with Crippen molar-refractivity contribution >= 4 is 40.3 Å². The van der Waals surface area contributed by atoms with Crippen molar-refractivity contribution in [3.63, 3.8) is 0 Å². The monoisotopic (exact) mass is 649 g/mol. The molecule has 46 heavy (non-hydrogen) atoms. The smallest absolute Gasteiger partial charge is 0.229 e. The van der Waals surface area contributed by atoms with Gasteiger partial charge < -0.3 is 10.4 Å². The lowest BCUT2D eigenvalue weighted by Crippen LogP contribution is -2.26. The van der Waals surface area contributed by atoms with Gasteiger partial charge in [-0.2, -0.15) is 0 Å². The van der Waals surface area contributed by atoms with Crippen LogP contribution in [0, 0.1) is 18.9 Å². The summed E-state index contributed by atoms with van der Waals surface area (Å²) < 4.78 is 2.14. The molecule has 2 aliphatic heterocycles. The third-order valence-electron chi connectivity index (χ3n) is 9.58. The van der Waals surface area contributed by atoms with Crippen LogP contribution in [0.25, 0.3) is 0 Å². The van der Waals surface area contributed by atoms with Crippen LogP contribution >= 0.6 is 23.2 Å². The van der Waals surface area contributed by atoms with Gasteiger partial charge in [0.25, 0.3) is 0 Å². The van der Waals surface area contributed by atoms with Gasteiger partial charge in [0.05, 0.1) is 5.41 Å². The minimum absolute atomic E-state index is 0. The predicted molar refractivity (Wildman–Crippen MR) is 195 cm³/mol. The highest BCUT2D eigenvalue weighted by Gasteiger charge is 2.44. The summed E-state index contributed by atoms with van der Waals surface area (Å²) in [6, 6.07) is 27.0. The zero-order valence-corrected chi connectivity index (χ0v) is 29.2. The SMILES string of the molecule is CC#C[N+]1=C(/C=C/C2=C(Cl)C(=C/C=C3/N(Cc4ccc(C)cc4)c4ccc(Cl)cc4C3(C)C)/CCC2)C(C)(C)c2ccccc21.O. The van der Waals surface area contributed by atoms with Gasteiger partial charge in [0, 0.05) is 58.0 Å². The van der Waals surface area contributed by atoms with Gasteiger partial charge in [-0.1, -0.05) is 97.2 Å². The Bertz CT molecular complexity index is 1890. The standard InChI is InChI=1S/C41H41Cl2N2.H2O/c1-7-25-44-35-14-9-8-13-33(35)40(3,4)37(44)23-19-30-11-10-12-31(39(30)43)20-24-38-41(5,6)34-26-32(42)21-22-36(34)45(38)27-29-17-15-28(2)16-18-29;/h8-9,13-24,26H,10-12,27H2,1-6H3;1H2/q+1;. The number of aryl methyl sites for hydroxylation is 1. The number of hydrogen-bond acceptors (Lipinski definition) is 1. The van der Waals surface area contributed by atoms with Gasteiger partial charge in [-0.3, -0.25) is 0 Å². The van der Waals surface area contributed by atoms with Crippen molar-refractivity contribution in [2.45, 2.75) is 78.2 Å². The molecule has 0 aromatic heterocycles. The first kappa shape index (κ1) is 33.6. The van der Waals surface area contributed by atoms with E-state index in [1.807, 2.05) is 13.0 Å². The lowest BCUT2D eigenvalue weighted by Gasteiger charge is -2.27. The molecule has 236 valence electrons. The second kappa shape index (κ2) is 13.1. The van der Waals surface area contributed by atoms with Crippen LogP contribution < -0.4 is 4.90 Å². The Morgan fingerprint density at radius 1 is 0.870 bits per heavy atom. The van der Waals surface area contributed by atoms with Crippen molar-refractivity contribution in [2.75, 3.05) is 4.90 Å². The summed E-state index contributed by atoms with van der Waals surface area (Å²) in [6.07, 6.45) is 12.0. The highest BCUT2D eigenvalue weighted by Crippen LogP contribution is 2.49. The third-order valence-corrected chi connectivity index (χ3v) is 10.3. The molecular formula is C41H43Cl2N2O+. The highest BCUT2D eigenvalue weighted by molar-refractivity contribution is 6.32. The number of para-hydroxylation sites is 1. The van der Waals surface area contributed by atoms with Crippen molar-refractivity contribution in [1.82, 2.24) is 0 Å². The number of nitrogens with zero attached hydrogens (tertiary/aromatic N) is 2. The molecule has 0 unspecified atom stereocenters. The molecule has 3 aliphatic rings. The molecule has 0 saturated heterocycles. The van der Waals surface area contributed by atoms with E-state index >= 15 is 0 Å². The quantitative estimate of drug-likeness (QED) is 0.200. The minimum Gasteiger partial charge on any atom is -0.412 e. The number of rotatable bonds is 5. The zero-order valence-electron chi connectivity index (χ0n) is 27.6. The maximum absolute atomic E-state index is 7.19. The average Bonchev–Trinajstić information content (AvgIpc) is 3.35. The molecule has 2 N–H and O–H groups in total. The van der Waals surface area contributed by atoms with Gasteiger partial charge >= 0.3 is 0 Å². The number of halogens is 2. The number of benzene rings is 3. The Morgan fingerprint density at radius 2 is 1.61 bits per heavy atom. The molecule has 0 fully saturated rings. The molecule has 2 heterocycles. The Labute approximate surface area is 284 Å². The lowest BCUT2D eigenvalue weighted by atomic mass is 9.81. The highest BCUT2D eigenvalue weighted by atomic mass is 35.5. The van der Waals surface area contributed by atoms with Crippen LogP contribution in [-0.4, -0.2) is 15.8 Å². The summed E-state index contributed by atoms with van der Waals surface area (Å²) in [5.41, 5.74) is 11.8. The van der Waals surface area contributed by atoms with Crippen LogP contribution in [0.15, 0.2) is 113 Å². The molecule has 0 radical (unpaired) electrons.